The molecule has 1 aromatic rings. The van der Waals surface area contributed by atoms with Gasteiger partial charge in [0.05, 0.1) is 7.45 Å². The molecule has 3 heteroatoms. The molecule has 0 unspecified atom stereocenters. The molecule has 0 radical (unpaired) electrons. The number of aliphatic hydroxyl groups is 1. The summed E-state index contributed by atoms with van der Waals surface area (Å²) in [5, 5.41) is 10.3. The summed E-state index contributed by atoms with van der Waals surface area (Å²) in [7, 11) is 0. The summed E-state index contributed by atoms with van der Waals surface area (Å²) >= 11 is 5.65. The molecule has 2 nitrogen and oxygen atoms in total. The van der Waals surface area contributed by atoms with Crippen molar-refractivity contribution in [3.8, 4) is 0 Å². The maximum atomic E-state index is 9.82. The van der Waals surface area contributed by atoms with Crippen molar-refractivity contribution in [1.82, 2.24) is 0 Å². The standard InChI is InChI=1S/C9H12ClNO/c1-6(11)9(12)7-2-4-8(10)5-3-7/h2-6,9,12H,11H2,1H3/t6-,9-/m1/s1/i1D3,9D. The normalized spacial score (nSPS) is 24.2. The molecule has 3 N–H and O–H groups in total. The largest absolute Gasteiger partial charge is 0.387 e. The number of nitrogens with two attached hydrogens (primary N) is 1. The maximum Gasteiger partial charge on any atom is 0.0938 e. The average molecular weight is 190 g/mol. The van der Waals surface area contributed by atoms with E-state index in [9.17, 15) is 5.11 Å². The number of hydrogen-bond donors (Lipinski definition) is 2. The zero-order valence-electron chi connectivity index (χ0n) is 10.3. The topological polar surface area (TPSA) is 46.2 Å². The molecule has 0 saturated heterocycles. The van der Waals surface area contributed by atoms with Crippen LogP contribution in [-0.2, 0) is 0 Å². The molecule has 0 bridgehead atoms. The molecule has 0 aliphatic carbocycles. The predicted molar refractivity (Wildman–Crippen MR) is 50.1 cm³/mol. The molecule has 0 amide bonds. The fourth-order valence-electron chi connectivity index (χ4n) is 0.800. The Morgan fingerprint density at radius 3 is 2.67 bits per heavy atom. The Kier molecular flexibility index (Phi) is 1.70. The summed E-state index contributed by atoms with van der Waals surface area (Å²) in [4.78, 5) is 0. The first-order chi connectivity index (χ1) is 7.15. The molecular formula is C9H12ClNO. The molecular weight excluding hydrogens is 174 g/mol. The molecule has 0 spiro atoms. The summed E-state index contributed by atoms with van der Waals surface area (Å²) in [5.74, 6) is 0. The average Bonchev–Trinajstić information content (AvgIpc) is 2.16. The van der Waals surface area contributed by atoms with Crippen molar-refractivity contribution < 1.29 is 10.6 Å². The molecule has 0 aliphatic heterocycles. The molecule has 12 heavy (non-hydrogen) atoms. The number of benzene rings is 1. The monoisotopic (exact) mass is 189 g/mol. The minimum atomic E-state index is -2.60. The first-order valence-electron chi connectivity index (χ1n) is 5.39. The van der Waals surface area contributed by atoms with Crippen LogP contribution in [0.4, 0.5) is 0 Å². The summed E-state index contributed by atoms with van der Waals surface area (Å²) in [5.41, 5.74) is 5.46. The van der Waals surface area contributed by atoms with Gasteiger partial charge in [-0.1, -0.05) is 23.7 Å². The van der Waals surface area contributed by atoms with Crippen molar-refractivity contribution in [2.75, 3.05) is 0 Å². The first kappa shape index (κ1) is 5.22. The van der Waals surface area contributed by atoms with Crippen LogP contribution in [0.2, 0.25) is 5.02 Å². The summed E-state index contributed by atoms with van der Waals surface area (Å²) in [6, 6.07) is 3.99. The van der Waals surface area contributed by atoms with Crippen LogP contribution in [0.5, 0.6) is 0 Å². The van der Waals surface area contributed by atoms with Crippen LogP contribution in [0, 0.1) is 0 Å². The zero-order valence-corrected chi connectivity index (χ0v) is 7.05. The van der Waals surface area contributed by atoms with Gasteiger partial charge in [0.2, 0.25) is 0 Å². The van der Waals surface area contributed by atoms with Gasteiger partial charge in [-0.15, -0.1) is 0 Å². The Balaban J connectivity index is 3.06. The van der Waals surface area contributed by atoms with Crippen LogP contribution >= 0.6 is 11.6 Å². The van der Waals surface area contributed by atoms with E-state index in [4.69, 9.17) is 22.8 Å². The molecule has 2 atom stereocenters. The van der Waals surface area contributed by atoms with Crippen LogP contribution in [0.15, 0.2) is 24.3 Å². The van der Waals surface area contributed by atoms with E-state index in [1.54, 1.807) is 0 Å². The van der Waals surface area contributed by atoms with Crippen LogP contribution in [0.1, 0.15) is 24.0 Å². The number of halogens is 1. The van der Waals surface area contributed by atoms with E-state index in [0.717, 1.165) is 0 Å². The minimum absolute atomic E-state index is 0.0977. The SMILES string of the molecule is [2H]C([2H])([2H])[C@@H](N)[C@@]([2H])(O)c1ccc(Cl)cc1. The van der Waals surface area contributed by atoms with Gasteiger partial charge in [-0.3, -0.25) is 0 Å². The summed E-state index contributed by atoms with van der Waals surface area (Å²) in [6.45, 7) is -2.60. The van der Waals surface area contributed by atoms with Gasteiger partial charge in [-0.2, -0.15) is 0 Å². The summed E-state index contributed by atoms with van der Waals surface area (Å²) < 4.78 is 28.9. The van der Waals surface area contributed by atoms with Gasteiger partial charge in [0.25, 0.3) is 0 Å². The third kappa shape index (κ3) is 2.21. The van der Waals surface area contributed by atoms with Crippen molar-refractivity contribution in [2.45, 2.75) is 19.0 Å². The Morgan fingerprint density at radius 1 is 1.58 bits per heavy atom. The Labute approximate surface area is 82.6 Å². The molecule has 1 aromatic carbocycles. The van der Waals surface area contributed by atoms with Crippen molar-refractivity contribution in [2.24, 2.45) is 5.73 Å². The minimum Gasteiger partial charge on any atom is -0.387 e. The molecule has 0 saturated carbocycles. The van der Waals surface area contributed by atoms with E-state index in [0.29, 0.717) is 5.02 Å². The molecule has 0 heterocycles. The van der Waals surface area contributed by atoms with Gasteiger partial charge in [0, 0.05) is 15.2 Å². The van der Waals surface area contributed by atoms with Crippen LogP contribution in [0.3, 0.4) is 0 Å². The third-order valence-corrected chi connectivity index (χ3v) is 1.69. The highest BCUT2D eigenvalue weighted by Crippen LogP contribution is 2.17. The van der Waals surface area contributed by atoms with E-state index in [-0.39, 0.29) is 5.56 Å². The number of rotatable bonds is 2. The highest BCUT2D eigenvalue weighted by Gasteiger charge is 2.11. The van der Waals surface area contributed by atoms with Crippen molar-refractivity contribution in [1.29, 1.82) is 0 Å². The highest BCUT2D eigenvalue weighted by molar-refractivity contribution is 6.30. The summed E-state index contributed by atoms with van der Waals surface area (Å²) in [6.07, 6.45) is -2.37. The van der Waals surface area contributed by atoms with Crippen LogP contribution in [0.25, 0.3) is 0 Å². The van der Waals surface area contributed by atoms with Crippen molar-refractivity contribution in [3.05, 3.63) is 34.9 Å². The van der Waals surface area contributed by atoms with Gasteiger partial charge in [0.1, 0.15) is 0 Å². The lowest BCUT2D eigenvalue weighted by Crippen LogP contribution is -2.24. The molecule has 1 rings (SSSR count). The van der Waals surface area contributed by atoms with Crippen molar-refractivity contribution >= 4 is 11.6 Å². The molecule has 66 valence electrons. The fraction of sp³-hybridized carbons (Fsp3) is 0.333. The second-order valence-electron chi connectivity index (χ2n) is 2.37. The van der Waals surface area contributed by atoms with E-state index >= 15 is 0 Å². The van der Waals surface area contributed by atoms with Gasteiger partial charge in [-0.05, 0) is 24.5 Å². The second-order valence-corrected chi connectivity index (χ2v) is 2.81. The maximum absolute atomic E-state index is 9.82. The van der Waals surface area contributed by atoms with Gasteiger partial charge >= 0.3 is 0 Å². The molecule has 0 fully saturated rings. The predicted octanol–water partition coefficient (Wildman–Crippen LogP) is 1.72. The zero-order chi connectivity index (χ0) is 12.6. The van der Waals surface area contributed by atoms with E-state index in [2.05, 4.69) is 0 Å². The lowest BCUT2D eigenvalue weighted by molar-refractivity contribution is 0.153. The van der Waals surface area contributed by atoms with Crippen LogP contribution < -0.4 is 5.73 Å². The van der Waals surface area contributed by atoms with E-state index in [1.807, 2.05) is 0 Å². The Morgan fingerprint density at radius 2 is 2.17 bits per heavy atom. The quantitative estimate of drug-likeness (QED) is 0.745. The highest BCUT2D eigenvalue weighted by atomic mass is 35.5. The molecule has 0 aliphatic rings. The first-order valence-corrected chi connectivity index (χ1v) is 3.77. The van der Waals surface area contributed by atoms with E-state index in [1.165, 1.54) is 24.3 Å². The van der Waals surface area contributed by atoms with Crippen molar-refractivity contribution in [3.63, 3.8) is 0 Å². The third-order valence-electron chi connectivity index (χ3n) is 1.43. The second kappa shape index (κ2) is 3.90. The molecule has 0 aromatic heterocycles. The lowest BCUT2D eigenvalue weighted by Gasteiger charge is -2.14. The smallest absolute Gasteiger partial charge is 0.0938 e. The van der Waals surface area contributed by atoms with Gasteiger partial charge < -0.3 is 10.8 Å². The van der Waals surface area contributed by atoms with Gasteiger partial charge in [-0.25, -0.2) is 0 Å². The Hall–Kier alpha value is -0.570. The Bertz CT molecular complexity index is 363. The van der Waals surface area contributed by atoms with Crippen LogP contribution in [-0.4, -0.2) is 11.1 Å². The lowest BCUT2D eigenvalue weighted by atomic mass is 10.0. The van der Waals surface area contributed by atoms with Gasteiger partial charge in [0.15, 0.2) is 0 Å². The fourth-order valence-corrected chi connectivity index (χ4v) is 0.926. The van der Waals surface area contributed by atoms with E-state index < -0.39 is 19.0 Å². The number of hydrogen-bond acceptors (Lipinski definition) is 2.